The smallest absolute Gasteiger partial charge is 0 e. The van der Waals surface area contributed by atoms with Crippen molar-refractivity contribution in [3.05, 3.63) is 200 Å². The molecule has 0 N–H and O–H groups in total. The molecule has 4 heterocycles. The summed E-state index contributed by atoms with van der Waals surface area (Å²) >= 11 is -0.142. The van der Waals surface area contributed by atoms with Gasteiger partial charge in [0.2, 0.25) is 0 Å². The van der Waals surface area contributed by atoms with Gasteiger partial charge in [-0.25, -0.2) is 9.37 Å². The van der Waals surface area contributed by atoms with E-state index in [-0.39, 0.29) is 25.9 Å². The van der Waals surface area contributed by atoms with E-state index in [1.807, 2.05) is 128 Å². The minimum Gasteiger partial charge on any atom is 0 e. The van der Waals surface area contributed by atoms with Crippen molar-refractivity contribution < 1.29 is 28.6 Å². The third-order valence-corrected chi connectivity index (χ3v) is 16.5. The van der Waals surface area contributed by atoms with Crippen LogP contribution in [0.1, 0.15) is 9.68 Å². The number of hydrogen-bond acceptors (Lipinski definition) is 4. The van der Waals surface area contributed by atoms with E-state index in [0.29, 0.717) is 16.8 Å². The second kappa shape index (κ2) is 17.6. The van der Waals surface area contributed by atoms with Crippen molar-refractivity contribution in [1.82, 2.24) is 19.5 Å². The third-order valence-electron chi connectivity index (χ3n) is 11.2. The molecule has 4 aromatic heterocycles. The third kappa shape index (κ3) is 8.18. The molecule has 63 heavy (non-hydrogen) atoms. The summed E-state index contributed by atoms with van der Waals surface area (Å²) in [4.78, 5) is 15.6. The van der Waals surface area contributed by atoms with Gasteiger partial charge in [0.05, 0.1) is 28.2 Å². The van der Waals surface area contributed by atoms with Crippen LogP contribution in [0.5, 0.6) is 0 Å². The van der Waals surface area contributed by atoms with Crippen LogP contribution in [0.2, 0.25) is 17.3 Å². The molecule has 0 aliphatic heterocycles. The van der Waals surface area contributed by atoms with Crippen LogP contribution in [-0.2, 0) is 20.1 Å². The Kier molecular flexibility index (Phi) is 10.8. The van der Waals surface area contributed by atoms with Gasteiger partial charge in [-0.1, -0.05) is 114 Å². The van der Waals surface area contributed by atoms with Crippen LogP contribution in [0, 0.1) is 24.8 Å². The fourth-order valence-electron chi connectivity index (χ4n) is 7.95. The van der Waals surface area contributed by atoms with Gasteiger partial charge in [0.1, 0.15) is 10.6 Å². The molecule has 7 aromatic carbocycles. The number of fused-ring (bicyclic) bond motifs is 5. The SMILES string of the molecule is [2H]C([2H])([2H])c1ccc(-c2ccc3c(n2)sc2c(-c4nc5ccccc5n4-c4c(-c5ccccc5)cc(F)c5ccccc45)[c-]ccc23)cc1.[CH3][Ge]([CH3])([CH3])[c]1ccc(-c2[c-]cccc2)nc1.[Ir]. The fraction of sp³-hybridized carbons (Fsp3) is 0.0727. The van der Waals surface area contributed by atoms with E-state index in [2.05, 4.69) is 69.3 Å². The predicted octanol–water partition coefficient (Wildman–Crippen LogP) is 14.3. The Labute approximate surface area is 391 Å². The predicted molar refractivity (Wildman–Crippen MR) is 261 cm³/mol. The molecule has 0 amide bonds. The second-order valence-electron chi connectivity index (χ2n) is 16.2. The van der Waals surface area contributed by atoms with Crippen LogP contribution >= 0.6 is 11.3 Å². The number of aromatic nitrogens is 4. The number of aryl methyl sites for hydroxylation is 1. The maximum absolute atomic E-state index is 15.8. The van der Waals surface area contributed by atoms with Gasteiger partial charge in [-0.3, -0.25) is 4.98 Å². The molecule has 0 atom stereocenters. The monoisotopic (exact) mass is 1080 g/mol. The number of halogens is 1. The van der Waals surface area contributed by atoms with Gasteiger partial charge >= 0.3 is 99.8 Å². The summed E-state index contributed by atoms with van der Waals surface area (Å²) in [5, 5.41) is 3.37. The van der Waals surface area contributed by atoms with E-state index in [1.165, 1.54) is 4.40 Å². The Morgan fingerprint density at radius 2 is 1.40 bits per heavy atom. The van der Waals surface area contributed by atoms with Gasteiger partial charge in [0.25, 0.3) is 0 Å². The van der Waals surface area contributed by atoms with Gasteiger partial charge in [0, 0.05) is 46.1 Å². The molecule has 11 rings (SSSR count). The number of para-hydroxylation sites is 2. The maximum atomic E-state index is 15.8. The molecular formula is C55H41FGeIrN4S-2. The van der Waals surface area contributed by atoms with Crippen molar-refractivity contribution in [2.45, 2.75) is 24.1 Å². The van der Waals surface area contributed by atoms with Crippen molar-refractivity contribution in [3.63, 3.8) is 0 Å². The van der Waals surface area contributed by atoms with Crippen LogP contribution < -0.4 is 4.40 Å². The van der Waals surface area contributed by atoms with E-state index >= 15 is 4.39 Å². The van der Waals surface area contributed by atoms with E-state index < -0.39 is 20.1 Å². The van der Waals surface area contributed by atoms with E-state index in [0.717, 1.165) is 81.6 Å². The zero-order valence-electron chi connectivity index (χ0n) is 37.7. The molecule has 0 unspecified atom stereocenters. The molecule has 1 radical (unpaired) electrons. The number of imidazole rings is 1. The van der Waals surface area contributed by atoms with E-state index in [4.69, 9.17) is 14.1 Å². The fourth-order valence-corrected chi connectivity index (χ4v) is 11.3. The van der Waals surface area contributed by atoms with Crippen LogP contribution in [0.3, 0.4) is 0 Å². The Hall–Kier alpha value is -6.09. The molecule has 309 valence electrons. The van der Waals surface area contributed by atoms with Gasteiger partial charge < -0.3 is 4.57 Å². The molecule has 11 aromatic rings. The van der Waals surface area contributed by atoms with E-state index in [9.17, 15) is 0 Å². The molecule has 0 aliphatic carbocycles. The summed E-state index contributed by atoms with van der Waals surface area (Å²) in [5.41, 5.74) is 9.04. The Balaban J connectivity index is 0.000000273. The van der Waals surface area contributed by atoms with Gasteiger partial charge in [-0.05, 0) is 46.8 Å². The molecule has 4 nitrogen and oxygen atoms in total. The number of thiophene rings is 1. The van der Waals surface area contributed by atoms with Crippen LogP contribution in [-0.4, -0.2) is 32.8 Å². The number of rotatable bonds is 6. The summed E-state index contributed by atoms with van der Waals surface area (Å²) in [6.07, 6.45) is 2.04. The number of hydrogen-bond donors (Lipinski definition) is 0. The van der Waals surface area contributed by atoms with Crippen LogP contribution in [0.25, 0.3) is 92.8 Å². The first-order valence-electron chi connectivity index (χ1n) is 22.0. The molecule has 0 saturated carbocycles. The molecule has 0 aliphatic rings. The maximum Gasteiger partial charge on any atom is 0 e. The number of nitrogens with zero attached hydrogens (tertiary/aromatic N) is 4. The molecule has 0 saturated heterocycles. The Morgan fingerprint density at radius 1 is 0.651 bits per heavy atom. The summed E-state index contributed by atoms with van der Waals surface area (Å²) in [6, 6.07) is 61.1. The summed E-state index contributed by atoms with van der Waals surface area (Å²) in [6.45, 7) is -2.16. The molecule has 8 heteroatoms. The van der Waals surface area contributed by atoms with Gasteiger partial charge in [-0.2, -0.15) is 11.3 Å². The minimum absolute atomic E-state index is 0. The summed E-state index contributed by atoms with van der Waals surface area (Å²) in [5.74, 6) is 7.56. The quantitative estimate of drug-likeness (QED) is 0.123. The first-order valence-corrected chi connectivity index (χ1v) is 28.6. The minimum atomic E-state index is -2.16. The number of benzene rings is 7. The van der Waals surface area contributed by atoms with Crippen LogP contribution in [0.4, 0.5) is 4.39 Å². The van der Waals surface area contributed by atoms with Gasteiger partial charge in [0.15, 0.2) is 0 Å². The van der Waals surface area contributed by atoms with E-state index in [1.54, 1.807) is 29.5 Å². The van der Waals surface area contributed by atoms with Crippen molar-refractivity contribution in [3.8, 4) is 50.7 Å². The topological polar surface area (TPSA) is 43.6 Å². The zero-order valence-corrected chi connectivity index (χ0v) is 40.0. The second-order valence-corrected chi connectivity index (χ2v) is 27.9. The van der Waals surface area contributed by atoms with Crippen molar-refractivity contribution in [1.29, 1.82) is 0 Å². The standard InChI is InChI=1S/C41H25FN3S.C14H16GeN.Ir/c1-25-18-20-27(21-19-25)35-23-22-31-30-14-9-15-32(39(30)46-41(31)44-35)40-43-36-16-7-8-17-37(36)45(40)38-29-13-6-5-12-28(29)34(42)24-33(38)26-10-3-2-4-11-26;1-15(2,3)13-9-10-14(16-11-13)12-7-5-4-6-8-12;/h2-14,16-24H,1H3;4-7,9-11H,1-3H3;/q2*-1;/i1D3;;. The first kappa shape index (κ1) is 38.6. The average Bonchev–Trinajstić information content (AvgIpc) is 3.90. The van der Waals surface area contributed by atoms with Crippen molar-refractivity contribution >= 4 is 71.1 Å². The average molecular weight is 1080 g/mol. The van der Waals surface area contributed by atoms with Crippen molar-refractivity contribution in [2.75, 3.05) is 0 Å². The Bertz CT molecular complexity index is 3520. The molecular weight excluding hydrogens is 1030 g/mol. The molecule has 0 bridgehead atoms. The van der Waals surface area contributed by atoms with Crippen LogP contribution in [0.15, 0.2) is 176 Å². The molecule has 0 fully saturated rings. The normalized spacial score (nSPS) is 12.3. The first-order chi connectivity index (χ1) is 31.4. The molecule has 0 spiro atoms. The summed E-state index contributed by atoms with van der Waals surface area (Å²) < 4.78 is 43.5. The zero-order chi connectivity index (χ0) is 44.9. The summed E-state index contributed by atoms with van der Waals surface area (Å²) in [7, 11) is 0. The Morgan fingerprint density at radius 3 is 2.14 bits per heavy atom. The number of pyridine rings is 2. The largest absolute Gasteiger partial charge is 0 e. The van der Waals surface area contributed by atoms with Crippen molar-refractivity contribution in [2.24, 2.45) is 0 Å². The van der Waals surface area contributed by atoms with Gasteiger partial charge in [-0.15, -0.1) is 18.2 Å².